The monoisotopic (exact) mass is 434 g/mol. The lowest BCUT2D eigenvalue weighted by atomic mass is 9.93. The third-order valence-electron chi connectivity index (χ3n) is 4.80. The third kappa shape index (κ3) is 4.65. The summed E-state index contributed by atoms with van der Waals surface area (Å²) in [5.41, 5.74) is -0.897. The smallest absolute Gasteiger partial charge is 0.433 e. The van der Waals surface area contributed by atoms with Crippen LogP contribution in [0, 0.1) is 5.82 Å². The summed E-state index contributed by atoms with van der Waals surface area (Å²) >= 11 is 0. The second-order valence-corrected chi connectivity index (χ2v) is 6.95. The zero-order chi connectivity index (χ0) is 22.0. The molecular weight excluding hydrogens is 416 g/mol. The second-order valence-electron chi connectivity index (χ2n) is 6.95. The molecule has 0 bridgehead atoms. The molecule has 1 aliphatic carbocycles. The Morgan fingerprint density at radius 3 is 2.52 bits per heavy atom. The van der Waals surface area contributed by atoms with Crippen molar-refractivity contribution in [3.63, 3.8) is 0 Å². The van der Waals surface area contributed by atoms with Crippen LogP contribution < -0.4 is 15.4 Å². The Morgan fingerprint density at radius 2 is 1.84 bits per heavy atom. The number of nitrogens with zero attached hydrogens (tertiary/aromatic N) is 4. The van der Waals surface area contributed by atoms with Crippen molar-refractivity contribution in [1.82, 2.24) is 19.9 Å². The van der Waals surface area contributed by atoms with Gasteiger partial charge in [0.15, 0.2) is 17.4 Å². The number of anilines is 3. The van der Waals surface area contributed by atoms with Gasteiger partial charge in [-0.1, -0.05) is 6.07 Å². The maximum Gasteiger partial charge on any atom is 0.433 e. The third-order valence-corrected chi connectivity index (χ3v) is 4.80. The molecule has 7 nitrogen and oxygen atoms in total. The van der Waals surface area contributed by atoms with Crippen LogP contribution in [-0.2, 0) is 6.18 Å². The standard InChI is InChI=1S/C20H18F4N6O/c1-31-14-7-3-6-13(16(14)21)17-28-18(26-11-4-2-5-11)30-19(29-17)27-12-8-9-25-15(10-12)20(22,23)24/h3,6-11H,2,4-5H2,1H3,(H2,25,26,27,28,29,30). The maximum absolute atomic E-state index is 14.8. The highest BCUT2D eigenvalue weighted by Crippen LogP contribution is 2.31. The lowest BCUT2D eigenvalue weighted by molar-refractivity contribution is -0.141. The van der Waals surface area contributed by atoms with E-state index in [0.29, 0.717) is 0 Å². The minimum absolute atomic E-state index is 0.0147. The van der Waals surface area contributed by atoms with Crippen LogP contribution in [0.1, 0.15) is 25.0 Å². The van der Waals surface area contributed by atoms with Gasteiger partial charge in [0.2, 0.25) is 11.9 Å². The highest BCUT2D eigenvalue weighted by Gasteiger charge is 2.32. The molecule has 3 aromatic rings. The minimum Gasteiger partial charge on any atom is -0.494 e. The molecule has 0 atom stereocenters. The zero-order valence-corrected chi connectivity index (χ0v) is 16.4. The number of halogens is 4. The van der Waals surface area contributed by atoms with E-state index >= 15 is 0 Å². The van der Waals surface area contributed by atoms with Gasteiger partial charge in [0, 0.05) is 17.9 Å². The summed E-state index contributed by atoms with van der Waals surface area (Å²) in [6, 6.07) is 6.90. The molecule has 31 heavy (non-hydrogen) atoms. The first-order valence-corrected chi connectivity index (χ1v) is 9.49. The van der Waals surface area contributed by atoms with Gasteiger partial charge in [0.1, 0.15) is 5.69 Å². The van der Waals surface area contributed by atoms with Crippen molar-refractivity contribution in [2.24, 2.45) is 0 Å². The Kier molecular flexibility index (Phi) is 5.57. The number of nitrogens with one attached hydrogen (secondary N) is 2. The summed E-state index contributed by atoms with van der Waals surface area (Å²) in [7, 11) is 1.34. The summed E-state index contributed by atoms with van der Waals surface area (Å²) in [5.74, 6) is -0.455. The molecule has 2 N–H and O–H groups in total. The van der Waals surface area contributed by atoms with Gasteiger partial charge >= 0.3 is 6.18 Å². The average molecular weight is 434 g/mol. The van der Waals surface area contributed by atoms with Gasteiger partial charge < -0.3 is 15.4 Å². The van der Waals surface area contributed by atoms with Crippen LogP contribution in [0.5, 0.6) is 5.75 Å². The first-order valence-electron chi connectivity index (χ1n) is 9.49. The molecule has 1 aromatic carbocycles. The van der Waals surface area contributed by atoms with Gasteiger partial charge in [0.25, 0.3) is 0 Å². The lowest BCUT2D eigenvalue weighted by Crippen LogP contribution is -2.28. The van der Waals surface area contributed by atoms with Gasteiger partial charge in [-0.3, -0.25) is 4.98 Å². The van der Waals surface area contributed by atoms with Gasteiger partial charge in [0.05, 0.1) is 12.7 Å². The Labute approximate surface area is 174 Å². The molecule has 0 radical (unpaired) electrons. The molecule has 0 amide bonds. The fourth-order valence-electron chi connectivity index (χ4n) is 2.99. The molecule has 0 unspecified atom stereocenters. The van der Waals surface area contributed by atoms with Gasteiger partial charge in [-0.2, -0.15) is 28.1 Å². The van der Waals surface area contributed by atoms with Crippen molar-refractivity contribution in [3.05, 3.63) is 48.0 Å². The van der Waals surface area contributed by atoms with Gasteiger partial charge in [-0.15, -0.1) is 0 Å². The number of rotatable bonds is 6. The highest BCUT2D eigenvalue weighted by atomic mass is 19.4. The quantitative estimate of drug-likeness (QED) is 0.539. The van der Waals surface area contributed by atoms with E-state index in [-0.39, 0.29) is 40.8 Å². The second kappa shape index (κ2) is 8.32. The number of hydrogen-bond donors (Lipinski definition) is 2. The highest BCUT2D eigenvalue weighted by molar-refractivity contribution is 5.63. The summed E-state index contributed by atoms with van der Waals surface area (Å²) in [5, 5.41) is 5.88. The fourth-order valence-corrected chi connectivity index (χ4v) is 2.99. The molecule has 1 fully saturated rings. The number of methoxy groups -OCH3 is 1. The molecule has 0 aliphatic heterocycles. The number of ether oxygens (including phenoxy) is 1. The van der Waals surface area contributed by atoms with Crippen molar-refractivity contribution in [3.8, 4) is 17.1 Å². The summed E-state index contributed by atoms with van der Waals surface area (Å²) in [4.78, 5) is 16.1. The molecule has 1 saturated carbocycles. The Hall–Kier alpha value is -3.50. The van der Waals surface area contributed by atoms with Crippen LogP contribution in [0.25, 0.3) is 11.4 Å². The van der Waals surface area contributed by atoms with Crippen molar-refractivity contribution in [2.75, 3.05) is 17.7 Å². The lowest BCUT2D eigenvalue weighted by Gasteiger charge is -2.26. The van der Waals surface area contributed by atoms with Crippen molar-refractivity contribution in [2.45, 2.75) is 31.5 Å². The number of pyridine rings is 1. The van der Waals surface area contributed by atoms with E-state index in [0.717, 1.165) is 31.5 Å². The number of hydrogen-bond acceptors (Lipinski definition) is 7. The van der Waals surface area contributed by atoms with Crippen LogP contribution in [0.4, 0.5) is 35.1 Å². The van der Waals surface area contributed by atoms with E-state index in [4.69, 9.17) is 4.74 Å². The van der Waals surface area contributed by atoms with E-state index < -0.39 is 17.7 Å². The molecule has 0 saturated heterocycles. The normalized spacial score (nSPS) is 14.1. The predicted octanol–water partition coefficient (Wildman–Crippen LogP) is 4.81. The topological polar surface area (TPSA) is 84.8 Å². The van der Waals surface area contributed by atoms with E-state index in [1.54, 1.807) is 6.07 Å². The SMILES string of the molecule is COc1cccc(-c2nc(Nc3ccnc(C(F)(F)F)c3)nc(NC3CCC3)n2)c1F. The van der Waals surface area contributed by atoms with Crippen molar-refractivity contribution < 1.29 is 22.3 Å². The average Bonchev–Trinajstić information content (AvgIpc) is 2.70. The first kappa shape index (κ1) is 20.8. The molecule has 4 rings (SSSR count). The minimum atomic E-state index is -4.59. The maximum atomic E-state index is 14.8. The summed E-state index contributed by atoms with van der Waals surface area (Å²) < 4.78 is 58.7. The molecule has 11 heteroatoms. The molecular formula is C20H18F4N6O. The van der Waals surface area contributed by atoms with Crippen LogP contribution >= 0.6 is 0 Å². The Balaban J connectivity index is 1.72. The fraction of sp³-hybridized carbons (Fsp3) is 0.300. The number of aromatic nitrogens is 4. The molecule has 2 aromatic heterocycles. The van der Waals surface area contributed by atoms with E-state index in [1.165, 1.54) is 25.3 Å². The van der Waals surface area contributed by atoms with E-state index in [2.05, 4.69) is 30.6 Å². The molecule has 0 spiro atoms. The predicted molar refractivity (Wildman–Crippen MR) is 106 cm³/mol. The molecule has 1 aliphatic rings. The van der Waals surface area contributed by atoms with Crippen LogP contribution in [-0.4, -0.2) is 33.1 Å². The number of benzene rings is 1. The Bertz CT molecular complexity index is 1090. The largest absolute Gasteiger partial charge is 0.494 e. The summed E-state index contributed by atoms with van der Waals surface area (Å²) in [6.07, 6.45) is -0.610. The Morgan fingerprint density at radius 1 is 1.06 bits per heavy atom. The van der Waals surface area contributed by atoms with E-state index in [9.17, 15) is 17.6 Å². The summed E-state index contributed by atoms with van der Waals surface area (Å²) in [6.45, 7) is 0. The van der Waals surface area contributed by atoms with Gasteiger partial charge in [-0.05, 0) is 43.5 Å². The van der Waals surface area contributed by atoms with Crippen LogP contribution in [0.2, 0.25) is 0 Å². The van der Waals surface area contributed by atoms with Gasteiger partial charge in [-0.25, -0.2) is 4.39 Å². The zero-order valence-electron chi connectivity index (χ0n) is 16.4. The molecule has 2 heterocycles. The van der Waals surface area contributed by atoms with Crippen LogP contribution in [0.3, 0.4) is 0 Å². The number of alkyl halides is 3. The first-order chi connectivity index (χ1) is 14.8. The molecule has 162 valence electrons. The van der Waals surface area contributed by atoms with Crippen molar-refractivity contribution in [1.29, 1.82) is 0 Å². The van der Waals surface area contributed by atoms with E-state index in [1.807, 2.05) is 0 Å². The van der Waals surface area contributed by atoms with Crippen LogP contribution in [0.15, 0.2) is 36.5 Å². The van der Waals surface area contributed by atoms with Crippen molar-refractivity contribution >= 4 is 17.6 Å².